The monoisotopic (exact) mass is 438 g/mol. The first-order chi connectivity index (χ1) is 20.2. The zero-order valence-electron chi connectivity index (χ0n) is 26.1. The minimum absolute atomic E-state index is 0.220. The van der Waals surface area contributed by atoms with E-state index >= 15 is 0 Å². The molecule has 0 atom stereocenters. The fraction of sp³-hybridized carbons (Fsp3) is 0. The van der Waals surface area contributed by atoms with Gasteiger partial charge < -0.3 is 0 Å². The summed E-state index contributed by atoms with van der Waals surface area (Å²) >= 11 is 0. The number of rotatable bonds is 2. The van der Waals surface area contributed by atoms with Crippen molar-refractivity contribution in [1.29, 1.82) is 0 Å². The SMILES string of the molecule is [2H]c1c([2H])c([2H])c2c(-c3cccc4ccccc34)c3c([2H])c([2H])c([2H])c([2H])c3c(-c3cccc4ccccc34)c2c1[2H]. The normalized spacial score (nSPS) is 14.8. The van der Waals surface area contributed by atoms with Gasteiger partial charge in [-0.3, -0.25) is 0 Å². The second kappa shape index (κ2) is 7.57. The summed E-state index contributed by atoms with van der Waals surface area (Å²) < 4.78 is 71.2. The van der Waals surface area contributed by atoms with Gasteiger partial charge in [0, 0.05) is 0 Å². The maximum Gasteiger partial charge on any atom is 0.0629 e. The largest absolute Gasteiger partial charge is 0.0629 e. The van der Waals surface area contributed by atoms with Gasteiger partial charge in [0.1, 0.15) is 0 Å². The summed E-state index contributed by atoms with van der Waals surface area (Å²) in [6, 6.07) is 23.9. The van der Waals surface area contributed by atoms with Crippen LogP contribution in [0.3, 0.4) is 0 Å². The summed E-state index contributed by atoms with van der Waals surface area (Å²) in [5, 5.41) is 4.29. The predicted octanol–water partition coefficient (Wildman–Crippen LogP) is 9.63. The molecule has 0 N–H and O–H groups in total. The third-order valence-corrected chi connectivity index (χ3v) is 6.49. The van der Waals surface area contributed by atoms with E-state index in [1.54, 1.807) is 0 Å². The molecular weight excluding hydrogens is 408 g/mol. The van der Waals surface area contributed by atoms with Crippen molar-refractivity contribution in [2.75, 3.05) is 0 Å². The number of fused-ring (bicyclic) bond motifs is 4. The smallest absolute Gasteiger partial charge is 0.0616 e. The van der Waals surface area contributed by atoms with Crippen LogP contribution in [0.5, 0.6) is 0 Å². The highest BCUT2D eigenvalue weighted by molar-refractivity contribution is 6.25. The lowest BCUT2D eigenvalue weighted by atomic mass is 9.84. The molecule has 0 bridgehead atoms. The maximum absolute atomic E-state index is 9.16. The molecule has 0 aliphatic carbocycles. The lowest BCUT2D eigenvalue weighted by Crippen LogP contribution is -1.92. The van der Waals surface area contributed by atoms with Crippen molar-refractivity contribution < 1.29 is 11.0 Å². The Morgan fingerprint density at radius 3 is 1.12 bits per heavy atom. The van der Waals surface area contributed by atoms with Crippen LogP contribution in [0.2, 0.25) is 0 Å². The summed E-state index contributed by atoms with van der Waals surface area (Å²) in [6.07, 6.45) is 0. The van der Waals surface area contributed by atoms with E-state index in [4.69, 9.17) is 11.0 Å². The minimum atomic E-state index is -0.405. The van der Waals surface area contributed by atoms with Crippen LogP contribution in [0.15, 0.2) is 133 Å². The van der Waals surface area contributed by atoms with Crippen molar-refractivity contribution in [2.24, 2.45) is 0 Å². The van der Waals surface area contributed by atoms with Gasteiger partial charge in [-0.05, 0) is 65.3 Å². The quantitative estimate of drug-likeness (QED) is 0.236. The van der Waals surface area contributed by atoms with Crippen LogP contribution in [0.25, 0.3) is 65.3 Å². The van der Waals surface area contributed by atoms with Crippen LogP contribution in [0, 0.1) is 0 Å². The Hall–Kier alpha value is -4.42. The average Bonchev–Trinajstić information content (AvgIpc) is 3.02. The first-order valence-electron chi connectivity index (χ1n) is 15.1. The second-order valence-corrected chi connectivity index (χ2v) is 8.30. The highest BCUT2D eigenvalue weighted by atomic mass is 14.2. The summed E-state index contributed by atoms with van der Waals surface area (Å²) in [5.74, 6) is 0. The van der Waals surface area contributed by atoms with E-state index < -0.39 is 24.2 Å². The van der Waals surface area contributed by atoms with E-state index in [1.165, 1.54) is 0 Å². The first-order valence-corrected chi connectivity index (χ1v) is 11.1. The van der Waals surface area contributed by atoms with Crippen molar-refractivity contribution in [2.45, 2.75) is 0 Å². The molecule has 0 saturated heterocycles. The highest BCUT2D eigenvalue weighted by Gasteiger charge is 2.18. The van der Waals surface area contributed by atoms with Crippen LogP contribution in [-0.2, 0) is 0 Å². The van der Waals surface area contributed by atoms with E-state index in [2.05, 4.69) is 0 Å². The van der Waals surface area contributed by atoms with Crippen molar-refractivity contribution in [3.8, 4) is 22.3 Å². The molecule has 7 aromatic carbocycles. The van der Waals surface area contributed by atoms with Gasteiger partial charge in [0.25, 0.3) is 0 Å². The number of hydrogen-bond acceptors (Lipinski definition) is 0. The standard InChI is InChI=1S/C34H22/c1-3-15-25-23(11-1)13-9-21-27(25)33-29-17-5-7-19-31(29)34(32-20-8-6-18-30(32)33)28-22-10-14-24-12-2-4-16-26(24)28/h1-22H/i5D,6D,7D,8D,17D,18D,19D,20D. The Morgan fingerprint density at radius 2 is 0.706 bits per heavy atom. The molecule has 0 unspecified atom stereocenters. The topological polar surface area (TPSA) is 0 Å². The molecule has 7 rings (SSSR count). The molecule has 0 amide bonds. The molecular formula is C34H22. The van der Waals surface area contributed by atoms with Crippen LogP contribution in [0.1, 0.15) is 11.0 Å². The van der Waals surface area contributed by atoms with E-state index in [0.717, 1.165) is 21.5 Å². The third-order valence-electron chi connectivity index (χ3n) is 6.49. The van der Waals surface area contributed by atoms with Crippen LogP contribution in [0.4, 0.5) is 0 Å². The molecule has 0 spiro atoms. The predicted molar refractivity (Wildman–Crippen MR) is 147 cm³/mol. The fourth-order valence-electron chi connectivity index (χ4n) is 5.05. The number of benzene rings is 7. The van der Waals surface area contributed by atoms with Crippen LogP contribution >= 0.6 is 0 Å². The van der Waals surface area contributed by atoms with E-state index in [1.807, 2.05) is 84.9 Å². The van der Waals surface area contributed by atoms with Crippen molar-refractivity contribution in [3.05, 3.63) is 133 Å². The summed E-state index contributed by atoms with van der Waals surface area (Å²) in [4.78, 5) is 0. The Labute approximate surface area is 210 Å². The second-order valence-electron chi connectivity index (χ2n) is 8.30. The lowest BCUT2D eigenvalue weighted by molar-refractivity contribution is 1.68. The van der Waals surface area contributed by atoms with E-state index in [9.17, 15) is 0 Å². The van der Waals surface area contributed by atoms with Gasteiger partial charge in [0.05, 0.1) is 11.0 Å². The Kier molecular flexibility index (Phi) is 2.83. The zero-order chi connectivity index (χ0) is 29.4. The fourth-order valence-corrected chi connectivity index (χ4v) is 5.05. The third kappa shape index (κ3) is 2.79. The summed E-state index contributed by atoms with van der Waals surface area (Å²) in [7, 11) is 0. The van der Waals surface area contributed by atoms with Crippen LogP contribution < -0.4 is 0 Å². The molecule has 0 aromatic heterocycles. The molecule has 158 valence electrons. The van der Waals surface area contributed by atoms with Gasteiger partial charge in [-0.1, -0.05) is 133 Å². The molecule has 0 aliphatic heterocycles. The molecule has 0 fully saturated rings. The molecule has 0 saturated carbocycles. The van der Waals surface area contributed by atoms with Crippen molar-refractivity contribution >= 4 is 43.1 Å². The Balaban J connectivity index is 1.89. The molecule has 0 heteroatoms. The highest BCUT2D eigenvalue weighted by Crippen LogP contribution is 2.46. The minimum Gasteiger partial charge on any atom is -0.0616 e. The molecule has 0 heterocycles. The molecule has 7 aromatic rings. The number of hydrogen-bond donors (Lipinski definition) is 0. The van der Waals surface area contributed by atoms with Crippen molar-refractivity contribution in [1.82, 2.24) is 0 Å². The Bertz CT molecular complexity index is 2040. The molecule has 0 aliphatic rings. The van der Waals surface area contributed by atoms with Gasteiger partial charge >= 0.3 is 0 Å². The van der Waals surface area contributed by atoms with E-state index in [0.29, 0.717) is 22.3 Å². The van der Waals surface area contributed by atoms with Crippen molar-refractivity contribution in [3.63, 3.8) is 0 Å². The molecule has 34 heavy (non-hydrogen) atoms. The first kappa shape index (κ1) is 12.7. The van der Waals surface area contributed by atoms with E-state index in [-0.39, 0.29) is 45.7 Å². The van der Waals surface area contributed by atoms with Crippen LogP contribution in [-0.4, -0.2) is 0 Å². The maximum atomic E-state index is 9.16. The lowest BCUT2D eigenvalue weighted by Gasteiger charge is -2.19. The van der Waals surface area contributed by atoms with Gasteiger partial charge in [0.2, 0.25) is 0 Å². The van der Waals surface area contributed by atoms with Gasteiger partial charge in [0.15, 0.2) is 0 Å². The zero-order valence-corrected chi connectivity index (χ0v) is 18.1. The van der Waals surface area contributed by atoms with Gasteiger partial charge in [-0.15, -0.1) is 0 Å². The van der Waals surface area contributed by atoms with Gasteiger partial charge in [-0.25, -0.2) is 0 Å². The molecule has 0 radical (unpaired) electrons. The van der Waals surface area contributed by atoms with Gasteiger partial charge in [-0.2, -0.15) is 0 Å². The summed E-state index contributed by atoms with van der Waals surface area (Å²) in [5.41, 5.74) is 1.98. The average molecular weight is 439 g/mol. The summed E-state index contributed by atoms with van der Waals surface area (Å²) in [6.45, 7) is 0. The molecule has 0 nitrogen and oxygen atoms in total. The Morgan fingerprint density at radius 1 is 0.353 bits per heavy atom.